The van der Waals surface area contributed by atoms with Crippen molar-refractivity contribution in [1.29, 1.82) is 0 Å². The molecule has 8 nitrogen and oxygen atoms in total. The van der Waals surface area contributed by atoms with Gasteiger partial charge in [0.15, 0.2) is 0 Å². The minimum Gasteiger partial charge on any atom is -0.362 e. The smallest absolute Gasteiger partial charge is 0.293 e. The molecule has 0 bridgehead atoms. The third kappa shape index (κ3) is 4.73. The van der Waals surface area contributed by atoms with Crippen molar-refractivity contribution in [2.24, 2.45) is 0 Å². The number of carbonyl (C=O) groups is 2. The summed E-state index contributed by atoms with van der Waals surface area (Å²) < 4.78 is 13.1. The first kappa shape index (κ1) is 21.2. The topological polar surface area (TPSA) is 95.8 Å². The molecule has 30 heavy (non-hydrogen) atoms. The van der Waals surface area contributed by atoms with Gasteiger partial charge in [0.1, 0.15) is 11.5 Å². The van der Waals surface area contributed by atoms with Crippen LogP contribution in [0.1, 0.15) is 35.8 Å². The molecule has 0 spiro atoms. The number of hydrogen-bond acceptors (Lipinski definition) is 5. The Morgan fingerprint density at radius 1 is 1.10 bits per heavy atom. The Labute approximate surface area is 173 Å². The zero-order valence-corrected chi connectivity index (χ0v) is 16.8. The number of rotatable bonds is 5. The van der Waals surface area contributed by atoms with E-state index in [-0.39, 0.29) is 23.0 Å². The van der Waals surface area contributed by atoms with E-state index in [1.807, 2.05) is 4.90 Å². The molecule has 1 aliphatic heterocycles. The summed E-state index contributed by atoms with van der Waals surface area (Å²) >= 11 is 0. The van der Waals surface area contributed by atoms with Crippen LogP contribution in [0, 0.1) is 15.9 Å². The summed E-state index contributed by atoms with van der Waals surface area (Å²) in [4.78, 5) is 38.8. The van der Waals surface area contributed by atoms with Gasteiger partial charge >= 0.3 is 0 Å². The normalized spacial score (nSPS) is 14.9. The molecule has 1 N–H and O–H groups in total. The molecule has 0 aliphatic carbocycles. The Hall–Kier alpha value is -3.49. The Morgan fingerprint density at radius 3 is 2.30 bits per heavy atom. The van der Waals surface area contributed by atoms with E-state index in [2.05, 4.69) is 5.32 Å². The lowest BCUT2D eigenvalue weighted by molar-refractivity contribution is -0.384. The van der Waals surface area contributed by atoms with Crippen molar-refractivity contribution in [3.63, 3.8) is 0 Å². The molecule has 2 aromatic carbocycles. The lowest BCUT2D eigenvalue weighted by Crippen LogP contribution is -2.48. The highest BCUT2D eigenvalue weighted by molar-refractivity contribution is 5.96. The van der Waals surface area contributed by atoms with Gasteiger partial charge in [-0.1, -0.05) is 12.1 Å². The van der Waals surface area contributed by atoms with Crippen LogP contribution in [-0.4, -0.2) is 47.8 Å². The molecule has 1 aliphatic rings. The van der Waals surface area contributed by atoms with Gasteiger partial charge in [-0.15, -0.1) is 0 Å². The summed E-state index contributed by atoms with van der Waals surface area (Å²) in [5.41, 5.74) is 1.15. The van der Waals surface area contributed by atoms with Crippen molar-refractivity contribution >= 4 is 23.2 Å². The van der Waals surface area contributed by atoms with Gasteiger partial charge in [-0.3, -0.25) is 19.7 Å². The second kappa shape index (κ2) is 8.89. The molecule has 0 aromatic heterocycles. The van der Waals surface area contributed by atoms with E-state index in [4.69, 9.17) is 0 Å². The number of nitrogens with one attached hydrogen (secondary N) is 1. The first-order valence-corrected chi connectivity index (χ1v) is 9.61. The van der Waals surface area contributed by atoms with Crippen LogP contribution in [-0.2, 0) is 4.79 Å². The fourth-order valence-electron chi connectivity index (χ4n) is 3.46. The molecule has 0 radical (unpaired) electrons. The number of nitro groups is 1. The van der Waals surface area contributed by atoms with Crippen LogP contribution in [0.25, 0.3) is 0 Å². The Bertz CT molecular complexity index is 956. The standard InChI is InChI=1S/C21H23FN4O4/c1-14(16-3-6-18(22)7-4-16)23-21(28)17-5-8-19(20(13-17)26(29)30)25-11-9-24(10-12-25)15(2)27/h3-8,13-14H,9-12H2,1-2H3,(H,23,28)/t14-/m1/s1. The first-order chi connectivity index (χ1) is 14.3. The summed E-state index contributed by atoms with van der Waals surface area (Å²) in [6.07, 6.45) is 0. The van der Waals surface area contributed by atoms with E-state index in [1.54, 1.807) is 36.1 Å². The Kier molecular flexibility index (Phi) is 6.29. The number of amides is 2. The zero-order chi connectivity index (χ0) is 21.8. The summed E-state index contributed by atoms with van der Waals surface area (Å²) in [5, 5.41) is 14.4. The highest BCUT2D eigenvalue weighted by Crippen LogP contribution is 2.30. The van der Waals surface area contributed by atoms with Crippen molar-refractivity contribution in [3.8, 4) is 0 Å². The van der Waals surface area contributed by atoms with Gasteiger partial charge < -0.3 is 15.1 Å². The number of nitrogens with zero attached hydrogens (tertiary/aromatic N) is 3. The van der Waals surface area contributed by atoms with Crippen molar-refractivity contribution in [3.05, 3.63) is 69.5 Å². The van der Waals surface area contributed by atoms with Crippen LogP contribution in [0.15, 0.2) is 42.5 Å². The molecule has 2 aromatic rings. The van der Waals surface area contributed by atoms with Crippen LogP contribution in [0.3, 0.4) is 0 Å². The summed E-state index contributed by atoms with van der Waals surface area (Å²) in [6.45, 7) is 5.19. The molecule has 0 unspecified atom stereocenters. The molecule has 2 amide bonds. The molecule has 3 rings (SSSR count). The molecule has 1 fully saturated rings. The van der Waals surface area contributed by atoms with E-state index < -0.39 is 16.9 Å². The number of carbonyl (C=O) groups excluding carboxylic acids is 2. The SMILES string of the molecule is CC(=O)N1CCN(c2ccc(C(=O)N[C@H](C)c3ccc(F)cc3)cc2[N+](=O)[O-])CC1. The second-order valence-electron chi connectivity index (χ2n) is 7.20. The van der Waals surface area contributed by atoms with E-state index >= 15 is 0 Å². The van der Waals surface area contributed by atoms with Crippen LogP contribution in [0.5, 0.6) is 0 Å². The largest absolute Gasteiger partial charge is 0.362 e. The van der Waals surface area contributed by atoms with Gasteiger partial charge in [0.2, 0.25) is 5.91 Å². The van der Waals surface area contributed by atoms with Crippen LogP contribution < -0.4 is 10.2 Å². The third-order valence-electron chi connectivity index (χ3n) is 5.22. The number of benzene rings is 2. The van der Waals surface area contributed by atoms with Crippen molar-refractivity contribution in [1.82, 2.24) is 10.2 Å². The summed E-state index contributed by atoms with van der Waals surface area (Å²) in [7, 11) is 0. The van der Waals surface area contributed by atoms with Crippen molar-refractivity contribution < 1.29 is 18.9 Å². The van der Waals surface area contributed by atoms with Crippen LogP contribution in [0.2, 0.25) is 0 Å². The Balaban J connectivity index is 1.76. The third-order valence-corrected chi connectivity index (χ3v) is 5.22. The van der Waals surface area contributed by atoms with Crippen LogP contribution >= 0.6 is 0 Å². The van der Waals surface area contributed by atoms with E-state index in [1.165, 1.54) is 25.1 Å². The van der Waals surface area contributed by atoms with Crippen molar-refractivity contribution in [2.45, 2.75) is 19.9 Å². The van der Waals surface area contributed by atoms with Crippen molar-refractivity contribution in [2.75, 3.05) is 31.1 Å². The molecule has 1 heterocycles. The van der Waals surface area contributed by atoms with E-state index in [9.17, 15) is 24.1 Å². The lowest BCUT2D eigenvalue weighted by atomic mass is 10.1. The number of piperazine rings is 1. The maximum atomic E-state index is 13.1. The maximum Gasteiger partial charge on any atom is 0.293 e. The summed E-state index contributed by atoms with van der Waals surface area (Å²) in [6, 6.07) is 9.76. The zero-order valence-electron chi connectivity index (χ0n) is 16.8. The predicted molar refractivity (Wildman–Crippen MR) is 110 cm³/mol. The van der Waals surface area contributed by atoms with Crippen LogP contribution in [0.4, 0.5) is 15.8 Å². The average molecular weight is 414 g/mol. The van der Waals surface area contributed by atoms with Gasteiger partial charge in [-0.25, -0.2) is 4.39 Å². The summed E-state index contributed by atoms with van der Waals surface area (Å²) in [5.74, 6) is -0.845. The van der Waals surface area contributed by atoms with E-state index in [0.29, 0.717) is 31.9 Å². The highest BCUT2D eigenvalue weighted by atomic mass is 19.1. The number of anilines is 1. The molecule has 9 heteroatoms. The predicted octanol–water partition coefficient (Wildman–Crippen LogP) is 2.89. The molecule has 158 valence electrons. The quantitative estimate of drug-likeness (QED) is 0.600. The van der Waals surface area contributed by atoms with Gasteiger partial charge in [-0.2, -0.15) is 0 Å². The fourth-order valence-corrected chi connectivity index (χ4v) is 3.46. The molecular weight excluding hydrogens is 391 g/mol. The number of halogens is 1. The average Bonchev–Trinajstić information content (AvgIpc) is 2.73. The van der Waals surface area contributed by atoms with Gasteiger partial charge in [0, 0.05) is 44.7 Å². The highest BCUT2D eigenvalue weighted by Gasteiger charge is 2.26. The first-order valence-electron chi connectivity index (χ1n) is 9.61. The number of nitro benzene ring substituents is 1. The molecule has 1 saturated heterocycles. The van der Waals surface area contributed by atoms with E-state index in [0.717, 1.165) is 5.56 Å². The fraction of sp³-hybridized carbons (Fsp3) is 0.333. The Morgan fingerprint density at radius 2 is 1.73 bits per heavy atom. The molecule has 0 saturated carbocycles. The minimum absolute atomic E-state index is 0.0218. The molecular formula is C21H23FN4O4. The lowest BCUT2D eigenvalue weighted by Gasteiger charge is -2.35. The minimum atomic E-state index is -0.507. The maximum absolute atomic E-state index is 13.1. The van der Waals surface area contributed by atoms with Gasteiger partial charge in [-0.05, 0) is 36.8 Å². The van der Waals surface area contributed by atoms with Gasteiger partial charge in [0.05, 0.1) is 11.0 Å². The number of hydrogen-bond donors (Lipinski definition) is 1. The second-order valence-corrected chi connectivity index (χ2v) is 7.20. The monoisotopic (exact) mass is 414 g/mol. The molecule has 1 atom stereocenters. The van der Waals surface area contributed by atoms with Gasteiger partial charge in [0.25, 0.3) is 11.6 Å².